The summed E-state index contributed by atoms with van der Waals surface area (Å²) in [6, 6.07) is 2.49. The lowest BCUT2D eigenvalue weighted by Crippen LogP contribution is -2.58. The quantitative estimate of drug-likeness (QED) is 0.634. The van der Waals surface area contributed by atoms with Gasteiger partial charge in [-0.2, -0.15) is 0 Å². The van der Waals surface area contributed by atoms with Crippen LogP contribution in [0.1, 0.15) is 37.6 Å². The van der Waals surface area contributed by atoms with Crippen LogP contribution < -0.4 is 4.74 Å². The van der Waals surface area contributed by atoms with E-state index < -0.39 is 11.4 Å². The van der Waals surface area contributed by atoms with Crippen LogP contribution in [-0.4, -0.2) is 59.7 Å². The second-order valence-corrected chi connectivity index (χ2v) is 8.33. The first-order valence-corrected chi connectivity index (χ1v) is 9.36. The van der Waals surface area contributed by atoms with Gasteiger partial charge in [-0.1, -0.05) is 0 Å². The summed E-state index contributed by atoms with van der Waals surface area (Å²) in [5, 5.41) is 0. The summed E-state index contributed by atoms with van der Waals surface area (Å²) in [7, 11) is 0. The van der Waals surface area contributed by atoms with Crippen LogP contribution in [0.3, 0.4) is 0 Å². The lowest BCUT2D eigenvalue weighted by Gasteiger charge is -2.42. The number of piperazine rings is 1. The van der Waals surface area contributed by atoms with Gasteiger partial charge in [0, 0.05) is 26.1 Å². The van der Waals surface area contributed by atoms with E-state index in [1.54, 1.807) is 9.80 Å². The van der Waals surface area contributed by atoms with E-state index in [2.05, 4.69) is 15.9 Å². The Labute approximate surface area is 160 Å². The molecule has 0 radical (unpaired) electrons. The lowest BCUT2D eigenvalue weighted by atomic mass is 10.0. The largest absolute Gasteiger partial charge is 0.493 e. The van der Waals surface area contributed by atoms with Crippen LogP contribution in [0.2, 0.25) is 0 Å². The van der Waals surface area contributed by atoms with Crippen LogP contribution in [0.15, 0.2) is 16.6 Å². The minimum atomic E-state index is -0.571. The van der Waals surface area contributed by atoms with Gasteiger partial charge in [-0.3, -0.25) is 4.79 Å². The molecule has 3 rings (SSSR count). The third kappa shape index (κ3) is 3.95. The third-order valence-electron chi connectivity index (χ3n) is 4.36. The molecular weight excluding hydrogens is 407 g/mol. The molecule has 142 valence electrons. The maximum Gasteiger partial charge on any atom is 0.410 e. The van der Waals surface area contributed by atoms with Gasteiger partial charge in [0.15, 0.2) is 0 Å². The number of rotatable bonds is 0. The second-order valence-electron chi connectivity index (χ2n) is 7.48. The molecule has 0 saturated carbocycles. The molecule has 0 N–H and O–H groups in total. The molecule has 26 heavy (non-hydrogen) atoms. The number of carbonyl (C=O) groups is 2. The molecule has 1 fully saturated rings. The number of amides is 2. The van der Waals surface area contributed by atoms with Crippen molar-refractivity contribution in [2.75, 3.05) is 26.2 Å². The summed E-state index contributed by atoms with van der Waals surface area (Å²) in [6.07, 6.45) is 0.197. The zero-order valence-electron chi connectivity index (χ0n) is 15.1. The van der Waals surface area contributed by atoms with Crippen LogP contribution in [-0.2, 0) is 4.74 Å². The summed E-state index contributed by atoms with van der Waals surface area (Å²) >= 11 is 3.12. The Kier molecular flexibility index (Phi) is 5.14. The Bertz CT molecular complexity index is 735. The zero-order valence-corrected chi connectivity index (χ0v) is 16.6. The van der Waals surface area contributed by atoms with Gasteiger partial charge in [0.05, 0.1) is 22.7 Å². The van der Waals surface area contributed by atoms with E-state index in [1.807, 2.05) is 20.8 Å². The molecule has 2 aliphatic heterocycles. The first kappa shape index (κ1) is 18.9. The number of halogens is 2. The average Bonchev–Trinajstić information content (AvgIpc) is 2.54. The number of hydrogen-bond donors (Lipinski definition) is 0. The molecule has 2 aliphatic rings. The van der Waals surface area contributed by atoms with Crippen molar-refractivity contribution >= 4 is 27.9 Å². The van der Waals surface area contributed by atoms with E-state index in [9.17, 15) is 14.0 Å². The average molecular weight is 429 g/mol. The first-order chi connectivity index (χ1) is 12.2. The number of benzene rings is 1. The van der Waals surface area contributed by atoms with Crippen molar-refractivity contribution in [2.45, 2.75) is 38.8 Å². The summed E-state index contributed by atoms with van der Waals surface area (Å²) in [4.78, 5) is 28.6. The highest BCUT2D eigenvalue weighted by Crippen LogP contribution is 2.31. The zero-order chi connectivity index (χ0) is 19.1. The van der Waals surface area contributed by atoms with E-state index in [0.717, 1.165) is 0 Å². The summed E-state index contributed by atoms with van der Waals surface area (Å²) in [5.74, 6) is -0.415. The van der Waals surface area contributed by atoms with Crippen molar-refractivity contribution in [3.05, 3.63) is 28.0 Å². The Balaban J connectivity index is 1.79. The molecule has 2 amide bonds. The third-order valence-corrected chi connectivity index (χ3v) is 4.96. The van der Waals surface area contributed by atoms with Crippen molar-refractivity contribution in [3.63, 3.8) is 0 Å². The van der Waals surface area contributed by atoms with Gasteiger partial charge in [-0.15, -0.1) is 0 Å². The molecule has 1 saturated heterocycles. The molecule has 0 spiro atoms. The number of carbonyl (C=O) groups excluding carboxylic acids is 2. The number of hydrogen-bond acceptors (Lipinski definition) is 4. The monoisotopic (exact) mass is 428 g/mol. The molecule has 1 atom stereocenters. The number of ether oxygens (including phenoxy) is 2. The molecule has 0 aliphatic carbocycles. The summed E-state index contributed by atoms with van der Waals surface area (Å²) in [6.45, 7) is 6.96. The van der Waals surface area contributed by atoms with Crippen LogP contribution >= 0.6 is 15.9 Å². The molecular formula is C18H22BrFN2O4. The van der Waals surface area contributed by atoms with E-state index in [0.29, 0.717) is 38.4 Å². The van der Waals surface area contributed by atoms with Crippen LogP contribution in [0.25, 0.3) is 0 Å². The fourth-order valence-corrected chi connectivity index (χ4v) is 3.46. The topological polar surface area (TPSA) is 59.1 Å². The summed E-state index contributed by atoms with van der Waals surface area (Å²) < 4.78 is 25.3. The minimum absolute atomic E-state index is 0.191. The van der Waals surface area contributed by atoms with Gasteiger partial charge in [0.1, 0.15) is 17.2 Å². The molecule has 2 heterocycles. The van der Waals surface area contributed by atoms with Crippen molar-refractivity contribution in [3.8, 4) is 5.75 Å². The molecule has 0 aromatic heterocycles. The smallest absolute Gasteiger partial charge is 0.410 e. The maximum absolute atomic E-state index is 13.9. The Morgan fingerprint density at radius 3 is 2.77 bits per heavy atom. The predicted molar refractivity (Wildman–Crippen MR) is 96.8 cm³/mol. The van der Waals surface area contributed by atoms with Gasteiger partial charge in [0.25, 0.3) is 5.91 Å². The van der Waals surface area contributed by atoms with Gasteiger partial charge in [0.2, 0.25) is 0 Å². The fraction of sp³-hybridized carbons (Fsp3) is 0.556. The SMILES string of the molecule is CC(C)(C)OC(=O)N1CCN2C(=O)c3cc(F)c(Br)cc3OCCC2C1. The van der Waals surface area contributed by atoms with Gasteiger partial charge in [-0.05, 0) is 48.8 Å². The van der Waals surface area contributed by atoms with E-state index in [1.165, 1.54) is 12.1 Å². The predicted octanol–water partition coefficient (Wildman–Crippen LogP) is 3.43. The first-order valence-electron chi connectivity index (χ1n) is 8.56. The molecule has 0 bridgehead atoms. The molecule has 6 nitrogen and oxygen atoms in total. The van der Waals surface area contributed by atoms with Crippen molar-refractivity contribution in [1.29, 1.82) is 0 Å². The Morgan fingerprint density at radius 2 is 2.08 bits per heavy atom. The molecule has 1 aromatic carbocycles. The molecule has 1 aromatic rings. The van der Waals surface area contributed by atoms with Crippen LogP contribution in [0.4, 0.5) is 9.18 Å². The Hall–Kier alpha value is -1.83. The van der Waals surface area contributed by atoms with Crippen molar-refractivity contribution < 1.29 is 23.5 Å². The number of nitrogens with zero attached hydrogens (tertiary/aromatic N) is 2. The fourth-order valence-electron chi connectivity index (χ4n) is 3.14. The molecule has 8 heteroatoms. The Morgan fingerprint density at radius 1 is 1.35 bits per heavy atom. The van der Waals surface area contributed by atoms with Crippen molar-refractivity contribution in [1.82, 2.24) is 9.80 Å². The van der Waals surface area contributed by atoms with Gasteiger partial charge in [-0.25, -0.2) is 9.18 Å². The molecule has 1 unspecified atom stereocenters. The van der Waals surface area contributed by atoms with Crippen molar-refractivity contribution in [2.24, 2.45) is 0 Å². The highest BCUT2D eigenvalue weighted by atomic mass is 79.9. The maximum atomic E-state index is 13.9. The van der Waals surface area contributed by atoms with Gasteiger partial charge < -0.3 is 19.3 Å². The summed E-state index contributed by atoms with van der Waals surface area (Å²) in [5.41, 5.74) is -0.362. The number of fused-ring (bicyclic) bond motifs is 2. The minimum Gasteiger partial charge on any atom is -0.493 e. The normalized spacial score (nSPS) is 20.5. The van der Waals surface area contributed by atoms with E-state index in [-0.39, 0.29) is 28.1 Å². The van der Waals surface area contributed by atoms with E-state index >= 15 is 0 Å². The van der Waals surface area contributed by atoms with Crippen LogP contribution in [0, 0.1) is 5.82 Å². The van der Waals surface area contributed by atoms with Gasteiger partial charge >= 0.3 is 6.09 Å². The van der Waals surface area contributed by atoms with Crippen LogP contribution in [0.5, 0.6) is 5.75 Å². The second kappa shape index (κ2) is 7.06. The highest BCUT2D eigenvalue weighted by molar-refractivity contribution is 9.10. The van der Waals surface area contributed by atoms with E-state index in [4.69, 9.17) is 9.47 Å². The standard InChI is InChI=1S/C18H22BrFN2O4/c1-18(2,3)26-17(24)21-5-6-22-11(10-21)4-7-25-15-9-13(19)14(20)8-12(15)16(22)23/h8-9,11H,4-7,10H2,1-3H3. The lowest BCUT2D eigenvalue weighted by molar-refractivity contribution is 0.00107. The highest BCUT2D eigenvalue weighted by Gasteiger charge is 2.36.